The highest BCUT2D eigenvalue weighted by molar-refractivity contribution is 5.84. The number of hydrogen-bond acceptors (Lipinski definition) is 3. The fourth-order valence-corrected chi connectivity index (χ4v) is 2.66. The number of nitrogens with zero attached hydrogens (tertiary/aromatic N) is 1. The van der Waals surface area contributed by atoms with Crippen LogP contribution in [0.1, 0.15) is 39.0 Å². The number of carbonyl (C=O) groups excluding carboxylic acids is 1. The molecule has 3 heteroatoms. The summed E-state index contributed by atoms with van der Waals surface area (Å²) in [5, 5.41) is 10.5. The Labute approximate surface area is 117 Å². The summed E-state index contributed by atoms with van der Waals surface area (Å²) in [5.74, 6) is 0.265. The molecule has 0 amide bonds. The van der Waals surface area contributed by atoms with E-state index in [2.05, 4.69) is 6.58 Å². The van der Waals surface area contributed by atoms with Crippen LogP contribution in [-0.4, -0.2) is 41.5 Å². The molecule has 1 heterocycles. The number of hydrogen-bond donors (Lipinski definition) is 1. The molecular weight excluding hydrogens is 238 g/mol. The van der Waals surface area contributed by atoms with Crippen LogP contribution in [0.3, 0.4) is 0 Å². The van der Waals surface area contributed by atoms with Gasteiger partial charge < -0.3 is 5.11 Å². The molecule has 0 radical (unpaired) electrons. The Morgan fingerprint density at radius 3 is 2.89 bits per heavy atom. The molecule has 0 aromatic carbocycles. The number of carbonyl (C=O) groups is 1. The van der Waals surface area contributed by atoms with Crippen LogP contribution in [-0.2, 0) is 4.79 Å². The maximum absolute atomic E-state index is 12.2. The first-order chi connectivity index (χ1) is 9.07. The Morgan fingerprint density at radius 1 is 1.47 bits per heavy atom. The first kappa shape index (κ1) is 16.1. The third kappa shape index (κ3) is 4.92. The van der Waals surface area contributed by atoms with E-state index in [0.717, 1.165) is 32.2 Å². The molecule has 1 N–H and O–H groups in total. The number of likely N-dealkylation sites (tertiary alicyclic amines) is 1. The molecule has 1 rings (SSSR count). The zero-order valence-corrected chi connectivity index (χ0v) is 12.2. The highest BCUT2D eigenvalue weighted by atomic mass is 16.3. The quantitative estimate of drug-likeness (QED) is 0.777. The summed E-state index contributed by atoms with van der Waals surface area (Å²) in [6.07, 6.45) is 9.55. The van der Waals surface area contributed by atoms with E-state index in [1.807, 2.05) is 31.0 Å². The van der Waals surface area contributed by atoms with Gasteiger partial charge in [-0.3, -0.25) is 9.69 Å². The van der Waals surface area contributed by atoms with Crippen molar-refractivity contribution >= 4 is 5.78 Å². The van der Waals surface area contributed by atoms with E-state index < -0.39 is 6.10 Å². The lowest BCUT2D eigenvalue weighted by Crippen LogP contribution is -2.50. The maximum atomic E-state index is 12.2. The summed E-state index contributed by atoms with van der Waals surface area (Å²) in [6, 6.07) is -0.340. The summed E-state index contributed by atoms with van der Waals surface area (Å²) < 4.78 is 0. The summed E-state index contributed by atoms with van der Waals surface area (Å²) in [7, 11) is 1.95. The minimum Gasteiger partial charge on any atom is -0.391 e. The Balaban J connectivity index is 2.68. The molecule has 19 heavy (non-hydrogen) atoms. The van der Waals surface area contributed by atoms with Crippen LogP contribution in [0.2, 0.25) is 0 Å². The van der Waals surface area contributed by atoms with Crippen LogP contribution in [0.25, 0.3) is 0 Å². The van der Waals surface area contributed by atoms with Gasteiger partial charge in [0.25, 0.3) is 0 Å². The average molecular weight is 265 g/mol. The van der Waals surface area contributed by atoms with Gasteiger partial charge in [-0.05, 0) is 38.8 Å². The molecule has 0 spiro atoms. The van der Waals surface area contributed by atoms with Crippen molar-refractivity contribution in [2.45, 2.75) is 51.2 Å². The van der Waals surface area contributed by atoms with Crippen molar-refractivity contribution in [3.63, 3.8) is 0 Å². The van der Waals surface area contributed by atoms with Crippen molar-refractivity contribution < 1.29 is 9.90 Å². The fraction of sp³-hybridized carbons (Fsp3) is 0.688. The van der Waals surface area contributed by atoms with E-state index in [4.69, 9.17) is 0 Å². The molecule has 1 fully saturated rings. The van der Waals surface area contributed by atoms with E-state index in [1.165, 1.54) is 0 Å². The van der Waals surface area contributed by atoms with Crippen molar-refractivity contribution in [3.05, 3.63) is 24.8 Å². The monoisotopic (exact) mass is 265 g/mol. The Kier molecular flexibility index (Phi) is 7.03. The van der Waals surface area contributed by atoms with E-state index in [0.29, 0.717) is 6.42 Å². The number of likely N-dealkylation sites (N-methyl/N-ethyl adjacent to an activating group) is 1. The number of aliphatic hydroxyl groups is 1. The van der Waals surface area contributed by atoms with Crippen LogP contribution in [0.5, 0.6) is 0 Å². The standard InChI is InChI=1S/C16H27NO2/c1-4-5-7-10-13(2)16(19)15-14(18)11-8-6-9-12-17(15)3/h4-5,7,13,15-16,19H,1,6,8-12H2,2-3H3/b7-5-. The molecule has 108 valence electrons. The SMILES string of the molecule is C=C/C=C\CC(C)C(O)C1C(=O)CCCCCN1C. The number of ketones is 1. The van der Waals surface area contributed by atoms with Crippen molar-refractivity contribution in [2.24, 2.45) is 5.92 Å². The van der Waals surface area contributed by atoms with Gasteiger partial charge in [0.05, 0.1) is 12.1 Å². The normalized spacial score (nSPS) is 25.8. The highest BCUT2D eigenvalue weighted by Gasteiger charge is 2.33. The third-order valence-corrected chi connectivity index (χ3v) is 3.93. The number of Topliss-reactive ketones (excluding diaryl/α,β-unsaturated/α-hetero) is 1. The van der Waals surface area contributed by atoms with Gasteiger partial charge >= 0.3 is 0 Å². The van der Waals surface area contributed by atoms with E-state index in [-0.39, 0.29) is 17.7 Å². The van der Waals surface area contributed by atoms with E-state index in [1.54, 1.807) is 6.08 Å². The highest BCUT2D eigenvalue weighted by Crippen LogP contribution is 2.21. The Hall–Kier alpha value is -0.930. The lowest BCUT2D eigenvalue weighted by molar-refractivity contribution is -0.130. The van der Waals surface area contributed by atoms with Crippen LogP contribution < -0.4 is 0 Å². The predicted octanol–water partition coefficient (Wildman–Crippen LogP) is 2.56. The largest absolute Gasteiger partial charge is 0.391 e. The van der Waals surface area contributed by atoms with Gasteiger partial charge in [0.15, 0.2) is 5.78 Å². The third-order valence-electron chi connectivity index (χ3n) is 3.93. The molecule has 3 unspecified atom stereocenters. The van der Waals surface area contributed by atoms with Crippen LogP contribution >= 0.6 is 0 Å². The minimum absolute atomic E-state index is 0.0760. The molecule has 1 saturated heterocycles. The molecule has 0 aliphatic carbocycles. The van der Waals surface area contributed by atoms with Crippen molar-refractivity contribution in [3.8, 4) is 0 Å². The second-order valence-corrected chi connectivity index (χ2v) is 5.57. The molecule has 0 aromatic rings. The first-order valence-electron chi connectivity index (χ1n) is 7.26. The average Bonchev–Trinajstić information content (AvgIpc) is 2.36. The number of allylic oxidation sites excluding steroid dienone is 3. The fourth-order valence-electron chi connectivity index (χ4n) is 2.66. The molecule has 0 aromatic heterocycles. The molecule has 3 atom stereocenters. The lowest BCUT2D eigenvalue weighted by Gasteiger charge is -2.34. The van der Waals surface area contributed by atoms with E-state index in [9.17, 15) is 9.90 Å². The Bertz CT molecular complexity index is 325. The number of aliphatic hydroxyl groups excluding tert-OH is 1. The molecule has 0 saturated carbocycles. The topological polar surface area (TPSA) is 40.5 Å². The smallest absolute Gasteiger partial charge is 0.152 e. The second kappa shape index (κ2) is 8.28. The van der Waals surface area contributed by atoms with Crippen LogP contribution in [0.4, 0.5) is 0 Å². The van der Waals surface area contributed by atoms with Gasteiger partial charge in [0.1, 0.15) is 0 Å². The van der Waals surface area contributed by atoms with Gasteiger partial charge in [0.2, 0.25) is 0 Å². The van der Waals surface area contributed by atoms with Crippen molar-refractivity contribution in [1.29, 1.82) is 0 Å². The zero-order chi connectivity index (χ0) is 14.3. The summed E-state index contributed by atoms with van der Waals surface area (Å²) in [5.41, 5.74) is 0. The van der Waals surface area contributed by atoms with Gasteiger partial charge in [-0.1, -0.05) is 38.2 Å². The van der Waals surface area contributed by atoms with Crippen molar-refractivity contribution in [2.75, 3.05) is 13.6 Å². The minimum atomic E-state index is -0.593. The molecular formula is C16H27NO2. The van der Waals surface area contributed by atoms with Crippen LogP contribution in [0.15, 0.2) is 24.8 Å². The molecule has 1 aliphatic rings. The summed E-state index contributed by atoms with van der Waals surface area (Å²) in [6.45, 7) is 6.52. The van der Waals surface area contributed by atoms with Gasteiger partial charge in [0, 0.05) is 6.42 Å². The maximum Gasteiger partial charge on any atom is 0.152 e. The van der Waals surface area contributed by atoms with Gasteiger partial charge in [-0.15, -0.1) is 0 Å². The summed E-state index contributed by atoms with van der Waals surface area (Å²) in [4.78, 5) is 14.2. The molecule has 1 aliphatic heterocycles. The lowest BCUT2D eigenvalue weighted by atomic mass is 9.88. The Morgan fingerprint density at radius 2 is 2.21 bits per heavy atom. The van der Waals surface area contributed by atoms with Gasteiger partial charge in [-0.25, -0.2) is 0 Å². The summed E-state index contributed by atoms with van der Waals surface area (Å²) >= 11 is 0. The van der Waals surface area contributed by atoms with Crippen molar-refractivity contribution in [1.82, 2.24) is 4.90 Å². The molecule has 0 bridgehead atoms. The second-order valence-electron chi connectivity index (χ2n) is 5.57. The molecule has 3 nitrogen and oxygen atoms in total. The van der Waals surface area contributed by atoms with Crippen LogP contribution in [0, 0.1) is 5.92 Å². The first-order valence-corrected chi connectivity index (χ1v) is 7.26. The zero-order valence-electron chi connectivity index (χ0n) is 12.2. The van der Waals surface area contributed by atoms with E-state index >= 15 is 0 Å². The number of rotatable bonds is 5. The predicted molar refractivity (Wildman–Crippen MR) is 79.0 cm³/mol. The van der Waals surface area contributed by atoms with Gasteiger partial charge in [-0.2, -0.15) is 0 Å².